The molecule has 2 aromatic heterocycles. The molecule has 0 bridgehead atoms. The van der Waals surface area contributed by atoms with E-state index in [1.807, 2.05) is 66.9 Å². The zero-order chi connectivity index (χ0) is 20.1. The number of nitrogens with one attached hydrogen (secondary N) is 1. The van der Waals surface area contributed by atoms with Crippen LogP contribution in [0.15, 0.2) is 65.1 Å². The molecule has 4 aromatic rings. The predicted octanol–water partition coefficient (Wildman–Crippen LogP) is 4.22. The largest absolute Gasteiger partial charge is 0.302 e. The molecule has 1 N–H and O–H groups in total. The lowest BCUT2D eigenvalue weighted by Gasteiger charge is -2.04. The fraction of sp³-hybridized carbons (Fsp3) is 0.150. The van der Waals surface area contributed by atoms with Gasteiger partial charge in [-0.2, -0.15) is 4.68 Å². The summed E-state index contributed by atoms with van der Waals surface area (Å²) in [5.74, 6) is 0.482. The number of amides is 1. The molecule has 0 saturated heterocycles. The maximum absolute atomic E-state index is 12.3. The zero-order valence-corrected chi connectivity index (χ0v) is 17.3. The van der Waals surface area contributed by atoms with E-state index in [1.165, 1.54) is 28.7 Å². The quantitative estimate of drug-likeness (QED) is 0.449. The van der Waals surface area contributed by atoms with Crippen molar-refractivity contribution in [2.24, 2.45) is 0 Å². The van der Waals surface area contributed by atoms with E-state index in [0.29, 0.717) is 22.5 Å². The van der Waals surface area contributed by atoms with Crippen LogP contribution in [0.1, 0.15) is 12.0 Å². The van der Waals surface area contributed by atoms with Crippen molar-refractivity contribution in [1.29, 1.82) is 0 Å². The minimum Gasteiger partial charge on any atom is -0.302 e. The number of hydrogen-bond acceptors (Lipinski definition) is 7. The molecule has 0 fully saturated rings. The van der Waals surface area contributed by atoms with Crippen LogP contribution in [0, 0.1) is 6.92 Å². The van der Waals surface area contributed by atoms with Crippen LogP contribution in [0.25, 0.3) is 16.9 Å². The summed E-state index contributed by atoms with van der Waals surface area (Å²) in [5, 5.41) is 17.9. The summed E-state index contributed by atoms with van der Waals surface area (Å²) in [4.78, 5) is 16.8. The number of thiazole rings is 1. The molecule has 0 radical (unpaired) electrons. The smallest absolute Gasteiger partial charge is 0.226 e. The van der Waals surface area contributed by atoms with Gasteiger partial charge in [-0.15, -0.1) is 16.4 Å². The molecule has 0 aliphatic carbocycles. The van der Waals surface area contributed by atoms with Crippen molar-refractivity contribution in [1.82, 2.24) is 25.2 Å². The average molecular weight is 423 g/mol. The molecule has 0 aliphatic rings. The molecular formula is C20H18N6OS2. The number of para-hydroxylation sites is 1. The van der Waals surface area contributed by atoms with Crippen molar-refractivity contribution in [2.75, 3.05) is 11.1 Å². The van der Waals surface area contributed by atoms with E-state index in [0.717, 1.165) is 16.9 Å². The summed E-state index contributed by atoms with van der Waals surface area (Å²) in [5.41, 5.74) is 3.99. The average Bonchev–Trinajstić information content (AvgIpc) is 3.39. The Morgan fingerprint density at radius 2 is 1.93 bits per heavy atom. The summed E-state index contributed by atoms with van der Waals surface area (Å²) >= 11 is 2.86. The third-order valence-corrected chi connectivity index (χ3v) is 5.78. The molecule has 29 heavy (non-hydrogen) atoms. The zero-order valence-electron chi connectivity index (χ0n) is 15.6. The Morgan fingerprint density at radius 1 is 1.14 bits per heavy atom. The van der Waals surface area contributed by atoms with E-state index in [4.69, 9.17) is 0 Å². The first kappa shape index (κ1) is 19.3. The Bertz CT molecular complexity index is 1090. The highest BCUT2D eigenvalue weighted by atomic mass is 32.2. The molecule has 0 atom stereocenters. The van der Waals surface area contributed by atoms with Crippen LogP contribution in [0.2, 0.25) is 0 Å². The SMILES string of the molecule is Cc1ccc(-c2csc(NC(=O)CCSc3nnnn3-c3ccccc3)n2)cc1. The standard InChI is InChI=1S/C20H18N6OS2/c1-14-7-9-15(10-8-14)17-13-29-19(21-17)22-18(27)11-12-28-20-23-24-25-26(20)16-5-3-2-4-6-16/h2-10,13H,11-12H2,1H3,(H,21,22,27). The summed E-state index contributed by atoms with van der Waals surface area (Å²) in [7, 11) is 0. The summed E-state index contributed by atoms with van der Waals surface area (Å²) in [6.07, 6.45) is 0.339. The van der Waals surface area contributed by atoms with Crippen molar-refractivity contribution in [3.63, 3.8) is 0 Å². The number of tetrazole rings is 1. The lowest BCUT2D eigenvalue weighted by Crippen LogP contribution is -2.12. The molecule has 2 aromatic carbocycles. The first-order chi connectivity index (χ1) is 14.2. The second kappa shape index (κ2) is 8.97. The molecule has 0 unspecified atom stereocenters. The van der Waals surface area contributed by atoms with Crippen LogP contribution >= 0.6 is 23.1 Å². The number of anilines is 1. The van der Waals surface area contributed by atoms with Gasteiger partial charge in [0.2, 0.25) is 11.1 Å². The Kier molecular flexibility index (Phi) is 5.97. The van der Waals surface area contributed by atoms with E-state index in [2.05, 4.69) is 25.8 Å². The first-order valence-electron chi connectivity index (χ1n) is 8.98. The highest BCUT2D eigenvalue weighted by molar-refractivity contribution is 7.99. The predicted molar refractivity (Wildman–Crippen MR) is 115 cm³/mol. The Balaban J connectivity index is 1.30. The number of aryl methyl sites for hydroxylation is 1. The molecule has 0 spiro atoms. The van der Waals surface area contributed by atoms with Gasteiger partial charge in [-0.3, -0.25) is 4.79 Å². The molecule has 4 rings (SSSR count). The Morgan fingerprint density at radius 3 is 2.72 bits per heavy atom. The van der Waals surface area contributed by atoms with Crippen LogP contribution in [0.4, 0.5) is 5.13 Å². The molecular weight excluding hydrogens is 404 g/mol. The summed E-state index contributed by atoms with van der Waals surface area (Å²) in [6, 6.07) is 17.8. The van der Waals surface area contributed by atoms with Crippen molar-refractivity contribution < 1.29 is 4.79 Å². The first-order valence-corrected chi connectivity index (χ1v) is 10.8. The van der Waals surface area contributed by atoms with Gasteiger partial charge >= 0.3 is 0 Å². The normalized spacial score (nSPS) is 10.8. The second-order valence-corrected chi connectivity index (χ2v) is 8.18. The van der Waals surface area contributed by atoms with E-state index < -0.39 is 0 Å². The van der Waals surface area contributed by atoms with Crippen molar-refractivity contribution in [3.05, 3.63) is 65.5 Å². The molecule has 9 heteroatoms. The number of thioether (sulfide) groups is 1. The number of hydrogen-bond donors (Lipinski definition) is 1. The molecule has 0 saturated carbocycles. The van der Waals surface area contributed by atoms with E-state index >= 15 is 0 Å². The molecule has 146 valence electrons. The lowest BCUT2D eigenvalue weighted by atomic mass is 10.1. The number of carbonyl (C=O) groups is 1. The van der Waals surface area contributed by atoms with E-state index in [9.17, 15) is 4.79 Å². The fourth-order valence-electron chi connectivity index (χ4n) is 2.61. The van der Waals surface area contributed by atoms with Crippen LogP contribution in [-0.4, -0.2) is 36.9 Å². The number of rotatable bonds is 7. The number of nitrogens with zero attached hydrogens (tertiary/aromatic N) is 5. The fourth-order valence-corrected chi connectivity index (χ4v) is 4.17. The van der Waals surface area contributed by atoms with Gasteiger partial charge in [0.1, 0.15) is 0 Å². The van der Waals surface area contributed by atoms with Gasteiger partial charge in [-0.25, -0.2) is 4.98 Å². The van der Waals surface area contributed by atoms with Crippen LogP contribution in [0.3, 0.4) is 0 Å². The number of carbonyl (C=O) groups excluding carboxylic acids is 1. The van der Waals surface area contributed by atoms with Crippen LogP contribution < -0.4 is 5.32 Å². The number of benzene rings is 2. The Hall–Kier alpha value is -3.04. The minimum atomic E-state index is -0.0824. The van der Waals surface area contributed by atoms with Crippen molar-refractivity contribution in [3.8, 4) is 16.9 Å². The van der Waals surface area contributed by atoms with Crippen LogP contribution in [-0.2, 0) is 4.79 Å². The number of aromatic nitrogens is 5. The second-order valence-electron chi connectivity index (χ2n) is 6.26. The molecule has 2 heterocycles. The van der Waals surface area contributed by atoms with Crippen molar-refractivity contribution >= 4 is 34.1 Å². The van der Waals surface area contributed by atoms with Gasteiger partial charge in [0.05, 0.1) is 11.4 Å². The van der Waals surface area contributed by atoms with Crippen molar-refractivity contribution in [2.45, 2.75) is 18.5 Å². The van der Waals surface area contributed by atoms with Crippen LogP contribution in [0.5, 0.6) is 0 Å². The van der Waals surface area contributed by atoms with Gasteiger partial charge in [0, 0.05) is 23.1 Å². The molecule has 1 amide bonds. The van der Waals surface area contributed by atoms with Gasteiger partial charge < -0.3 is 5.32 Å². The lowest BCUT2D eigenvalue weighted by molar-refractivity contribution is -0.115. The van der Waals surface area contributed by atoms with Gasteiger partial charge in [-0.1, -0.05) is 59.8 Å². The summed E-state index contributed by atoms with van der Waals surface area (Å²) < 4.78 is 1.66. The van der Waals surface area contributed by atoms with Gasteiger partial charge in [-0.05, 0) is 29.5 Å². The highest BCUT2D eigenvalue weighted by Crippen LogP contribution is 2.25. The Labute approximate surface area is 176 Å². The van der Waals surface area contributed by atoms with E-state index in [1.54, 1.807) is 4.68 Å². The highest BCUT2D eigenvalue weighted by Gasteiger charge is 2.11. The third-order valence-electron chi connectivity index (χ3n) is 4.10. The molecule has 0 aliphatic heterocycles. The minimum absolute atomic E-state index is 0.0824. The van der Waals surface area contributed by atoms with E-state index in [-0.39, 0.29) is 5.91 Å². The van der Waals surface area contributed by atoms with Gasteiger partial charge in [0.25, 0.3) is 0 Å². The monoisotopic (exact) mass is 422 g/mol. The maximum Gasteiger partial charge on any atom is 0.226 e. The summed E-state index contributed by atoms with van der Waals surface area (Å²) in [6.45, 7) is 2.05. The third kappa shape index (κ3) is 4.87. The maximum atomic E-state index is 12.3. The molecule has 7 nitrogen and oxygen atoms in total. The van der Waals surface area contributed by atoms with Gasteiger partial charge in [0.15, 0.2) is 5.13 Å². The topological polar surface area (TPSA) is 85.6 Å².